The molecule has 0 N–H and O–H groups in total. The number of nitrogens with zero attached hydrogens (tertiary/aromatic N) is 1. The molecule has 3 nitrogen and oxygen atoms in total. The van der Waals surface area contributed by atoms with Crippen molar-refractivity contribution in [3.8, 4) is 0 Å². The van der Waals surface area contributed by atoms with E-state index in [1.54, 1.807) is 19.9 Å². The standard InChI is InChI=1S/C8H10ClNO2/c1-3-7(9)5-6-8(4-2)10(11)12/h3-6H,1-2H3/b6-5-,7-3+,8-4+. The molecule has 0 unspecified atom stereocenters. The quantitative estimate of drug-likeness (QED) is 0.387. The van der Waals surface area contributed by atoms with E-state index in [9.17, 15) is 10.1 Å². The van der Waals surface area contributed by atoms with Gasteiger partial charge in [-0.25, -0.2) is 0 Å². The minimum absolute atomic E-state index is 0.0370. The predicted molar refractivity (Wildman–Crippen MR) is 49.5 cm³/mol. The fraction of sp³-hybridized carbons (Fsp3) is 0.250. The Bertz CT molecular complexity index is 254. The molecule has 0 amide bonds. The molecule has 66 valence electrons. The molecule has 0 aromatic rings. The number of nitro groups is 1. The summed E-state index contributed by atoms with van der Waals surface area (Å²) in [6, 6.07) is 0. The van der Waals surface area contributed by atoms with Crippen LogP contribution in [0.5, 0.6) is 0 Å². The van der Waals surface area contributed by atoms with Crippen LogP contribution in [0.15, 0.2) is 35.0 Å². The zero-order valence-corrected chi connectivity index (χ0v) is 7.71. The summed E-state index contributed by atoms with van der Waals surface area (Å²) in [5, 5.41) is 10.7. The van der Waals surface area contributed by atoms with E-state index in [0.29, 0.717) is 5.03 Å². The lowest BCUT2D eigenvalue weighted by atomic mass is 10.3. The molecule has 0 saturated heterocycles. The third kappa shape index (κ3) is 3.93. The minimum Gasteiger partial charge on any atom is -0.258 e. The van der Waals surface area contributed by atoms with Crippen molar-refractivity contribution in [1.82, 2.24) is 0 Å². The zero-order valence-electron chi connectivity index (χ0n) is 6.95. The molecular formula is C8H10ClNO2. The highest BCUT2D eigenvalue weighted by Gasteiger charge is 2.01. The summed E-state index contributed by atoms with van der Waals surface area (Å²) < 4.78 is 0. The SMILES string of the molecule is C\C=C(Cl)/C=C\C(=C/C)[N+](=O)[O-]. The molecule has 0 aliphatic rings. The van der Waals surface area contributed by atoms with Crippen LogP contribution in [0.4, 0.5) is 0 Å². The largest absolute Gasteiger partial charge is 0.265 e. The molecule has 12 heavy (non-hydrogen) atoms. The molecule has 0 spiro atoms. The van der Waals surface area contributed by atoms with Gasteiger partial charge in [0.05, 0.1) is 4.92 Å². The highest BCUT2D eigenvalue weighted by Crippen LogP contribution is 2.05. The van der Waals surface area contributed by atoms with Crippen molar-refractivity contribution in [3.05, 3.63) is 45.1 Å². The number of halogens is 1. The summed E-state index contributed by atoms with van der Waals surface area (Å²) in [7, 11) is 0. The summed E-state index contributed by atoms with van der Waals surface area (Å²) in [5.74, 6) is 0. The molecule has 0 bridgehead atoms. The molecule has 0 aliphatic heterocycles. The molecule has 0 aromatic carbocycles. The van der Waals surface area contributed by atoms with E-state index in [-0.39, 0.29) is 5.70 Å². The van der Waals surface area contributed by atoms with Gasteiger partial charge in [0.2, 0.25) is 0 Å². The van der Waals surface area contributed by atoms with Crippen LogP contribution < -0.4 is 0 Å². The third-order valence-electron chi connectivity index (χ3n) is 1.20. The molecule has 0 heterocycles. The van der Waals surface area contributed by atoms with E-state index in [1.165, 1.54) is 18.2 Å². The van der Waals surface area contributed by atoms with Crippen molar-refractivity contribution >= 4 is 11.6 Å². The summed E-state index contributed by atoms with van der Waals surface area (Å²) in [5.41, 5.74) is 0.0370. The predicted octanol–water partition coefficient (Wildman–Crippen LogP) is 2.87. The van der Waals surface area contributed by atoms with Crippen molar-refractivity contribution in [2.24, 2.45) is 0 Å². The van der Waals surface area contributed by atoms with E-state index in [1.807, 2.05) is 0 Å². The number of allylic oxidation sites excluding steroid dienone is 5. The molecule has 0 aromatic heterocycles. The third-order valence-corrected chi connectivity index (χ3v) is 1.54. The van der Waals surface area contributed by atoms with Gasteiger partial charge in [0.25, 0.3) is 5.70 Å². The van der Waals surface area contributed by atoms with Crippen LogP contribution in [0.2, 0.25) is 0 Å². The summed E-state index contributed by atoms with van der Waals surface area (Å²) in [4.78, 5) is 9.79. The molecule has 0 rings (SSSR count). The topological polar surface area (TPSA) is 43.1 Å². The van der Waals surface area contributed by atoms with Crippen molar-refractivity contribution in [3.63, 3.8) is 0 Å². The lowest BCUT2D eigenvalue weighted by molar-refractivity contribution is -0.419. The highest BCUT2D eigenvalue weighted by atomic mass is 35.5. The zero-order chi connectivity index (χ0) is 9.56. The second-order valence-electron chi connectivity index (χ2n) is 1.98. The van der Waals surface area contributed by atoms with Gasteiger partial charge in [-0.3, -0.25) is 10.1 Å². The van der Waals surface area contributed by atoms with E-state index < -0.39 is 4.92 Å². The van der Waals surface area contributed by atoms with Gasteiger partial charge < -0.3 is 0 Å². The van der Waals surface area contributed by atoms with Gasteiger partial charge in [-0.1, -0.05) is 17.7 Å². The van der Waals surface area contributed by atoms with E-state index >= 15 is 0 Å². The van der Waals surface area contributed by atoms with Gasteiger partial charge in [0.1, 0.15) is 0 Å². The van der Waals surface area contributed by atoms with Crippen molar-refractivity contribution < 1.29 is 4.92 Å². The Morgan fingerprint density at radius 3 is 2.25 bits per heavy atom. The van der Waals surface area contributed by atoms with Crippen LogP contribution in [-0.2, 0) is 0 Å². The molecule has 4 heteroatoms. The first-order valence-electron chi connectivity index (χ1n) is 3.42. The Morgan fingerprint density at radius 1 is 1.33 bits per heavy atom. The molecular weight excluding hydrogens is 178 g/mol. The average Bonchev–Trinajstić information content (AvgIpc) is 2.04. The fourth-order valence-electron chi connectivity index (χ4n) is 0.524. The second-order valence-corrected chi connectivity index (χ2v) is 2.41. The Morgan fingerprint density at radius 2 is 1.92 bits per heavy atom. The van der Waals surface area contributed by atoms with Crippen molar-refractivity contribution in [2.45, 2.75) is 13.8 Å². The monoisotopic (exact) mass is 187 g/mol. The van der Waals surface area contributed by atoms with Crippen LogP contribution in [0.1, 0.15) is 13.8 Å². The molecule has 0 saturated carbocycles. The van der Waals surface area contributed by atoms with E-state index in [2.05, 4.69) is 0 Å². The number of hydrogen-bond acceptors (Lipinski definition) is 2. The van der Waals surface area contributed by atoms with Crippen LogP contribution in [0, 0.1) is 10.1 Å². The highest BCUT2D eigenvalue weighted by molar-refractivity contribution is 6.31. The van der Waals surface area contributed by atoms with Crippen molar-refractivity contribution in [2.75, 3.05) is 0 Å². The second kappa shape index (κ2) is 5.55. The molecule has 0 aliphatic carbocycles. The Hall–Kier alpha value is -1.09. The number of rotatable bonds is 3. The first-order chi connectivity index (χ1) is 5.61. The van der Waals surface area contributed by atoms with Gasteiger partial charge in [0, 0.05) is 11.1 Å². The van der Waals surface area contributed by atoms with Gasteiger partial charge in [-0.15, -0.1) is 0 Å². The summed E-state index contributed by atoms with van der Waals surface area (Å²) in [6.45, 7) is 3.36. The Labute approximate surface area is 76.2 Å². The van der Waals surface area contributed by atoms with Gasteiger partial charge >= 0.3 is 0 Å². The van der Waals surface area contributed by atoms with E-state index in [0.717, 1.165) is 0 Å². The van der Waals surface area contributed by atoms with Gasteiger partial charge in [-0.05, 0) is 26.0 Å². The summed E-state index contributed by atoms with van der Waals surface area (Å²) >= 11 is 5.60. The van der Waals surface area contributed by atoms with Crippen LogP contribution in [0.3, 0.4) is 0 Å². The normalized spacial score (nSPS) is 13.9. The fourth-order valence-corrected chi connectivity index (χ4v) is 0.587. The maximum atomic E-state index is 10.3. The lowest BCUT2D eigenvalue weighted by Crippen LogP contribution is -1.93. The summed E-state index contributed by atoms with van der Waals surface area (Å²) in [6.07, 6.45) is 5.92. The van der Waals surface area contributed by atoms with Crippen LogP contribution >= 0.6 is 11.6 Å². The average molecular weight is 188 g/mol. The molecule has 0 fully saturated rings. The Kier molecular flexibility index (Phi) is 5.04. The van der Waals surface area contributed by atoms with Crippen LogP contribution in [0.25, 0.3) is 0 Å². The molecule has 0 radical (unpaired) electrons. The van der Waals surface area contributed by atoms with Gasteiger partial charge in [0.15, 0.2) is 0 Å². The smallest absolute Gasteiger partial charge is 0.258 e. The molecule has 0 atom stereocenters. The Balaban J connectivity index is 4.43. The number of hydrogen-bond donors (Lipinski definition) is 0. The minimum atomic E-state index is -0.462. The van der Waals surface area contributed by atoms with Crippen LogP contribution in [-0.4, -0.2) is 4.92 Å². The van der Waals surface area contributed by atoms with E-state index in [4.69, 9.17) is 11.6 Å². The first-order valence-corrected chi connectivity index (χ1v) is 3.80. The lowest BCUT2D eigenvalue weighted by Gasteiger charge is -1.88. The maximum Gasteiger partial charge on any atom is 0.265 e. The first kappa shape index (κ1) is 10.9. The van der Waals surface area contributed by atoms with Gasteiger partial charge in [-0.2, -0.15) is 0 Å². The maximum absolute atomic E-state index is 10.3. The van der Waals surface area contributed by atoms with Crippen molar-refractivity contribution in [1.29, 1.82) is 0 Å².